The normalized spacial score (nSPS) is 12.5. The topological polar surface area (TPSA) is 80.7 Å². The first-order chi connectivity index (χ1) is 14.2. The molecule has 29 heavy (non-hydrogen) atoms. The summed E-state index contributed by atoms with van der Waals surface area (Å²) in [5.74, 6) is -0.179. The summed E-state index contributed by atoms with van der Waals surface area (Å²) in [5.41, 5.74) is 6.04. The van der Waals surface area contributed by atoms with Crippen LogP contribution in [0.5, 0.6) is 0 Å². The van der Waals surface area contributed by atoms with E-state index >= 15 is 0 Å². The molecule has 1 aliphatic rings. The molecule has 6 nitrogen and oxygen atoms in total. The zero-order chi connectivity index (χ0) is 20.1. The Labute approximate surface area is 174 Å². The van der Waals surface area contributed by atoms with E-state index in [1.54, 1.807) is 7.05 Å². The second-order valence-electron chi connectivity index (χ2n) is 7.17. The fraction of sp³-hybridized carbons (Fsp3) is 0.318. The summed E-state index contributed by atoms with van der Waals surface area (Å²) in [6.45, 7) is 0. The minimum absolute atomic E-state index is 0.179. The summed E-state index contributed by atoms with van der Waals surface area (Å²) < 4.78 is 0. The number of aryl methyl sites for hydroxylation is 2. The Morgan fingerprint density at radius 2 is 1.90 bits per heavy atom. The molecular weight excluding hydrogens is 382 g/mol. The van der Waals surface area contributed by atoms with Crippen LogP contribution in [-0.2, 0) is 25.7 Å². The molecule has 1 aliphatic carbocycles. The number of allylic oxidation sites excluding steroid dienone is 1. The third-order valence-corrected chi connectivity index (χ3v) is 5.93. The second-order valence-corrected chi connectivity index (χ2v) is 8.23. The summed E-state index contributed by atoms with van der Waals surface area (Å²) in [7, 11) is 1.60. The molecule has 0 radical (unpaired) electrons. The van der Waals surface area contributed by atoms with Gasteiger partial charge in [-0.25, -0.2) is 0 Å². The van der Waals surface area contributed by atoms with Crippen LogP contribution in [0.1, 0.15) is 50.2 Å². The molecule has 0 atom stereocenters. The van der Waals surface area contributed by atoms with Crippen LogP contribution in [0.15, 0.2) is 42.0 Å². The van der Waals surface area contributed by atoms with Gasteiger partial charge < -0.3 is 5.32 Å². The monoisotopic (exact) mass is 405 g/mol. The van der Waals surface area contributed by atoms with Crippen molar-refractivity contribution in [2.75, 3.05) is 7.05 Å². The Morgan fingerprint density at radius 3 is 2.72 bits per heavy atom. The third-order valence-electron chi connectivity index (χ3n) is 4.94. The molecule has 0 saturated carbocycles. The van der Waals surface area contributed by atoms with Crippen molar-refractivity contribution in [3.63, 3.8) is 0 Å². The van der Waals surface area contributed by atoms with E-state index in [1.165, 1.54) is 28.0 Å². The highest BCUT2D eigenvalue weighted by atomic mass is 32.1. The van der Waals surface area contributed by atoms with Crippen LogP contribution in [0.2, 0.25) is 0 Å². The van der Waals surface area contributed by atoms with Crippen LogP contribution in [0.3, 0.4) is 0 Å². The van der Waals surface area contributed by atoms with Gasteiger partial charge in [0.25, 0.3) is 5.91 Å². The van der Waals surface area contributed by atoms with Crippen molar-refractivity contribution >= 4 is 23.3 Å². The predicted molar refractivity (Wildman–Crippen MR) is 114 cm³/mol. The predicted octanol–water partition coefficient (Wildman–Crippen LogP) is 3.44. The van der Waals surface area contributed by atoms with Crippen molar-refractivity contribution in [1.82, 2.24) is 25.7 Å². The number of rotatable bonds is 8. The Kier molecular flexibility index (Phi) is 6.05. The van der Waals surface area contributed by atoms with Gasteiger partial charge in [-0.15, -0.1) is 10.2 Å². The van der Waals surface area contributed by atoms with E-state index in [0.717, 1.165) is 54.9 Å². The zero-order valence-corrected chi connectivity index (χ0v) is 17.2. The number of hydrogen-bond donors (Lipinski definition) is 1. The van der Waals surface area contributed by atoms with Crippen molar-refractivity contribution in [3.8, 4) is 0 Å². The number of carbonyl (C=O) groups is 1. The molecule has 0 spiro atoms. The van der Waals surface area contributed by atoms with E-state index in [4.69, 9.17) is 0 Å². The van der Waals surface area contributed by atoms with Crippen LogP contribution in [0.25, 0.3) is 6.08 Å². The highest BCUT2D eigenvalue weighted by molar-refractivity contribution is 7.13. The van der Waals surface area contributed by atoms with Crippen LogP contribution < -0.4 is 5.32 Å². The number of hydrogen-bond acceptors (Lipinski definition) is 6. The van der Waals surface area contributed by atoms with Crippen LogP contribution >= 0.6 is 11.3 Å². The summed E-state index contributed by atoms with van der Waals surface area (Å²) in [5, 5.41) is 20.8. The average molecular weight is 406 g/mol. The molecule has 3 aromatic rings. The first-order valence-electron chi connectivity index (χ1n) is 9.84. The summed E-state index contributed by atoms with van der Waals surface area (Å²) in [6.07, 6.45) is 7.83. The molecule has 1 N–H and O–H groups in total. The van der Waals surface area contributed by atoms with Gasteiger partial charge in [-0.1, -0.05) is 53.3 Å². The minimum atomic E-state index is -0.179. The molecule has 2 aromatic heterocycles. The van der Waals surface area contributed by atoms with Crippen LogP contribution in [0, 0.1) is 0 Å². The second kappa shape index (κ2) is 9.05. The van der Waals surface area contributed by atoms with Crippen molar-refractivity contribution in [1.29, 1.82) is 0 Å². The summed E-state index contributed by atoms with van der Waals surface area (Å²) in [4.78, 5) is 11.5. The van der Waals surface area contributed by atoms with Crippen molar-refractivity contribution in [3.05, 3.63) is 74.5 Å². The Hall–Kier alpha value is -2.93. The average Bonchev–Trinajstić information content (AvgIpc) is 3.37. The Morgan fingerprint density at radius 1 is 1.07 bits per heavy atom. The first-order valence-corrected chi connectivity index (χ1v) is 10.7. The fourth-order valence-corrected chi connectivity index (χ4v) is 4.28. The molecule has 0 aliphatic heterocycles. The van der Waals surface area contributed by atoms with Gasteiger partial charge in [0.05, 0.1) is 11.4 Å². The fourth-order valence-electron chi connectivity index (χ4n) is 3.45. The third kappa shape index (κ3) is 4.92. The van der Waals surface area contributed by atoms with Crippen molar-refractivity contribution in [2.24, 2.45) is 0 Å². The SMILES string of the molecule is CNC(=O)c1nnc(CCCCc2cc3c(nn2)CC(Cc2ccccc2)=C3)s1. The number of aromatic nitrogens is 4. The number of nitrogens with zero attached hydrogens (tertiary/aromatic N) is 4. The largest absolute Gasteiger partial charge is 0.353 e. The van der Waals surface area contributed by atoms with Crippen molar-refractivity contribution in [2.45, 2.75) is 38.5 Å². The van der Waals surface area contributed by atoms with Gasteiger partial charge in [0, 0.05) is 19.9 Å². The maximum absolute atomic E-state index is 11.5. The van der Waals surface area contributed by atoms with Gasteiger partial charge in [-0.05, 0) is 42.9 Å². The maximum atomic E-state index is 11.5. The molecule has 148 valence electrons. The number of nitrogens with one attached hydrogen (secondary N) is 1. The lowest BCUT2D eigenvalue weighted by atomic mass is 10.0. The molecule has 1 aromatic carbocycles. The number of benzene rings is 1. The highest BCUT2D eigenvalue weighted by Gasteiger charge is 2.16. The number of carbonyl (C=O) groups excluding carboxylic acids is 1. The summed E-state index contributed by atoms with van der Waals surface area (Å²) >= 11 is 1.36. The highest BCUT2D eigenvalue weighted by Crippen LogP contribution is 2.26. The quantitative estimate of drug-likeness (QED) is 0.581. The molecule has 4 rings (SSSR count). The Bertz CT molecular complexity index is 1030. The summed E-state index contributed by atoms with van der Waals surface area (Å²) in [6, 6.07) is 12.7. The van der Waals surface area contributed by atoms with Gasteiger partial charge in [0.15, 0.2) is 0 Å². The number of fused-ring (bicyclic) bond motifs is 1. The Balaban J connectivity index is 1.28. The smallest absolute Gasteiger partial charge is 0.282 e. The van der Waals surface area contributed by atoms with Crippen molar-refractivity contribution < 1.29 is 4.79 Å². The minimum Gasteiger partial charge on any atom is -0.353 e. The van der Waals surface area contributed by atoms with E-state index < -0.39 is 0 Å². The van der Waals surface area contributed by atoms with E-state index in [1.807, 2.05) is 6.07 Å². The van der Waals surface area contributed by atoms with Gasteiger partial charge in [0.1, 0.15) is 5.01 Å². The lowest BCUT2D eigenvalue weighted by Gasteiger charge is -2.02. The van der Waals surface area contributed by atoms with E-state index in [0.29, 0.717) is 5.01 Å². The molecule has 2 heterocycles. The lowest BCUT2D eigenvalue weighted by Crippen LogP contribution is -2.17. The molecule has 7 heteroatoms. The maximum Gasteiger partial charge on any atom is 0.282 e. The first kappa shape index (κ1) is 19.4. The van der Waals surface area contributed by atoms with Crippen LogP contribution in [0.4, 0.5) is 0 Å². The molecule has 0 saturated heterocycles. The molecule has 0 fully saturated rings. The molecule has 0 bridgehead atoms. The van der Waals surface area contributed by atoms with Gasteiger partial charge in [-0.3, -0.25) is 4.79 Å². The van der Waals surface area contributed by atoms with E-state index in [9.17, 15) is 4.79 Å². The number of unbranched alkanes of at least 4 members (excludes halogenated alkanes) is 1. The molecular formula is C22H23N5OS. The van der Waals surface area contributed by atoms with Gasteiger partial charge >= 0.3 is 0 Å². The molecule has 0 unspecified atom stereocenters. The standard InChI is InChI=1S/C22H23N5OS/c1-23-21(28)22-27-26-20(29-22)10-6-5-9-18-14-17-12-16(13-19(17)25-24-18)11-15-7-3-2-4-8-15/h2-4,7-8,12,14H,5-6,9-11,13H2,1H3,(H,23,28). The van der Waals surface area contributed by atoms with Gasteiger partial charge in [-0.2, -0.15) is 10.2 Å². The number of amides is 1. The molecule has 1 amide bonds. The zero-order valence-electron chi connectivity index (χ0n) is 16.4. The van der Waals surface area contributed by atoms with E-state index in [2.05, 4.69) is 62.1 Å². The van der Waals surface area contributed by atoms with Crippen LogP contribution in [-0.4, -0.2) is 33.3 Å². The van der Waals surface area contributed by atoms with E-state index in [-0.39, 0.29) is 5.91 Å². The van der Waals surface area contributed by atoms with Gasteiger partial charge in [0.2, 0.25) is 5.01 Å². The lowest BCUT2D eigenvalue weighted by molar-refractivity contribution is 0.0962.